The molecule has 1 atom stereocenters. The van der Waals surface area contributed by atoms with Crippen molar-refractivity contribution in [1.29, 1.82) is 0 Å². The van der Waals surface area contributed by atoms with Crippen LogP contribution in [-0.2, 0) is 19.4 Å². The van der Waals surface area contributed by atoms with Gasteiger partial charge in [0.05, 0.1) is 0 Å². The fourth-order valence-corrected chi connectivity index (χ4v) is 4.61. The minimum Gasteiger partial charge on any atom is -0.489 e. The summed E-state index contributed by atoms with van der Waals surface area (Å²) in [6.45, 7) is 0.282. The number of nitrogens with two attached hydrogens (primary N) is 1. The lowest BCUT2D eigenvalue weighted by molar-refractivity contribution is 0.0931. The minimum absolute atomic E-state index is 0.00537. The summed E-state index contributed by atoms with van der Waals surface area (Å²) in [6.07, 6.45) is 3.94. The van der Waals surface area contributed by atoms with Gasteiger partial charge in [0.1, 0.15) is 18.1 Å². The zero-order chi connectivity index (χ0) is 26.5. The van der Waals surface area contributed by atoms with E-state index in [-0.39, 0.29) is 30.0 Å². The predicted octanol–water partition coefficient (Wildman–Crippen LogP) is 4.28. The molecule has 0 aliphatic heterocycles. The van der Waals surface area contributed by atoms with Crippen molar-refractivity contribution in [1.82, 2.24) is 10.3 Å². The average Bonchev–Trinajstić information content (AvgIpc) is 2.96. The van der Waals surface area contributed by atoms with E-state index >= 15 is 0 Å². The number of benzene rings is 3. The fraction of sp³-hybridized carbons (Fsp3) is 0.161. The number of ether oxygens (including phenoxy) is 1. The third-order valence-electron chi connectivity index (χ3n) is 6.67. The molecule has 0 saturated carbocycles. The van der Waals surface area contributed by atoms with Crippen LogP contribution < -0.4 is 15.8 Å². The van der Waals surface area contributed by atoms with Gasteiger partial charge in [0.15, 0.2) is 5.78 Å². The van der Waals surface area contributed by atoms with E-state index in [2.05, 4.69) is 16.4 Å². The molecule has 5 rings (SSSR count). The molecule has 1 heterocycles. The molecule has 0 fully saturated rings. The molecule has 1 aliphatic carbocycles. The Morgan fingerprint density at radius 3 is 2.37 bits per heavy atom. The van der Waals surface area contributed by atoms with Crippen LogP contribution in [-0.4, -0.2) is 28.6 Å². The van der Waals surface area contributed by atoms with E-state index in [1.54, 1.807) is 48.5 Å². The zero-order valence-electron chi connectivity index (χ0n) is 20.7. The van der Waals surface area contributed by atoms with Gasteiger partial charge < -0.3 is 15.8 Å². The summed E-state index contributed by atoms with van der Waals surface area (Å²) in [5.41, 5.74) is 10.4. The summed E-state index contributed by atoms with van der Waals surface area (Å²) in [4.78, 5) is 40.9. The molecule has 1 unspecified atom stereocenters. The molecule has 1 aliphatic rings. The number of nitrogens with one attached hydrogen (secondary N) is 1. The molecule has 7 heteroatoms. The van der Waals surface area contributed by atoms with Crippen molar-refractivity contribution in [3.05, 3.63) is 130 Å². The lowest BCUT2D eigenvalue weighted by Crippen LogP contribution is -2.38. The molecular weight excluding hydrogens is 478 g/mol. The highest BCUT2D eigenvalue weighted by Gasteiger charge is 2.21. The van der Waals surface area contributed by atoms with Gasteiger partial charge in [0.25, 0.3) is 11.8 Å². The van der Waals surface area contributed by atoms with Crippen molar-refractivity contribution >= 4 is 17.6 Å². The van der Waals surface area contributed by atoms with E-state index in [9.17, 15) is 14.4 Å². The summed E-state index contributed by atoms with van der Waals surface area (Å²) >= 11 is 0. The number of aromatic nitrogens is 1. The van der Waals surface area contributed by atoms with E-state index in [0.717, 1.165) is 24.0 Å². The van der Waals surface area contributed by atoms with Crippen LogP contribution in [0, 0.1) is 0 Å². The first-order valence-corrected chi connectivity index (χ1v) is 12.5. The quantitative estimate of drug-likeness (QED) is 0.347. The third kappa shape index (κ3) is 5.78. The molecular formula is C31H27N3O4. The smallest absolute Gasteiger partial charge is 0.267 e. The van der Waals surface area contributed by atoms with E-state index in [1.165, 1.54) is 11.8 Å². The number of hydrogen-bond acceptors (Lipinski definition) is 5. The zero-order valence-corrected chi connectivity index (χ0v) is 20.7. The van der Waals surface area contributed by atoms with Gasteiger partial charge in [-0.2, -0.15) is 0 Å². The van der Waals surface area contributed by atoms with Gasteiger partial charge in [-0.05, 0) is 72.4 Å². The predicted molar refractivity (Wildman–Crippen MR) is 143 cm³/mol. The maximum absolute atomic E-state index is 12.9. The largest absolute Gasteiger partial charge is 0.489 e. The van der Waals surface area contributed by atoms with Gasteiger partial charge in [0, 0.05) is 28.9 Å². The first kappa shape index (κ1) is 24.9. The van der Waals surface area contributed by atoms with Crippen LogP contribution >= 0.6 is 0 Å². The van der Waals surface area contributed by atoms with Crippen LogP contribution in [0.3, 0.4) is 0 Å². The van der Waals surface area contributed by atoms with E-state index < -0.39 is 5.91 Å². The molecule has 1 aromatic heterocycles. The Morgan fingerprint density at radius 2 is 1.61 bits per heavy atom. The summed E-state index contributed by atoms with van der Waals surface area (Å²) in [5.74, 6) is -0.0959. The monoisotopic (exact) mass is 505 g/mol. The number of rotatable bonds is 8. The van der Waals surface area contributed by atoms with Crippen molar-refractivity contribution < 1.29 is 19.1 Å². The SMILES string of the molecule is NC(=O)c1cc(COc2ccc3c(c2)CC(NC(=O)c2ccc(C(=O)c4ccccc4)cc2)CC3)ccn1. The number of pyridine rings is 1. The van der Waals surface area contributed by atoms with E-state index in [4.69, 9.17) is 10.5 Å². The Bertz CT molecular complexity index is 1480. The Kier molecular flexibility index (Phi) is 7.26. The second kappa shape index (κ2) is 11.1. The standard InChI is InChI=1S/C31H27N3O4/c32-30(36)28-16-20(14-15-33-28)19-38-27-13-11-21-10-12-26(17-25(21)18-27)34-31(37)24-8-6-23(7-9-24)29(35)22-4-2-1-3-5-22/h1-9,11,13-16,18,26H,10,12,17,19H2,(H2,32,36)(H,34,37). The Balaban J connectivity index is 1.19. The van der Waals surface area contributed by atoms with Gasteiger partial charge >= 0.3 is 0 Å². The summed E-state index contributed by atoms with van der Waals surface area (Å²) in [6, 6.07) is 25.2. The fourth-order valence-electron chi connectivity index (χ4n) is 4.61. The molecule has 7 nitrogen and oxygen atoms in total. The molecule has 3 N–H and O–H groups in total. The second-order valence-corrected chi connectivity index (χ2v) is 9.32. The number of hydrogen-bond donors (Lipinski definition) is 2. The van der Waals surface area contributed by atoms with Gasteiger partial charge in [-0.3, -0.25) is 19.4 Å². The molecule has 4 aromatic rings. The number of amides is 2. The van der Waals surface area contributed by atoms with Gasteiger partial charge in [-0.1, -0.05) is 48.5 Å². The summed E-state index contributed by atoms with van der Waals surface area (Å²) < 4.78 is 5.95. The van der Waals surface area contributed by atoms with Crippen LogP contribution in [0.4, 0.5) is 0 Å². The Labute approximate surface area is 220 Å². The lowest BCUT2D eigenvalue weighted by atomic mass is 9.88. The molecule has 0 radical (unpaired) electrons. The molecule has 2 amide bonds. The maximum atomic E-state index is 12.9. The Hall–Kier alpha value is -4.78. The first-order valence-electron chi connectivity index (χ1n) is 12.5. The highest BCUT2D eigenvalue weighted by atomic mass is 16.5. The molecule has 0 spiro atoms. The number of ketones is 1. The van der Waals surface area contributed by atoms with Gasteiger partial charge in [-0.15, -0.1) is 0 Å². The number of fused-ring (bicyclic) bond motifs is 1. The average molecular weight is 506 g/mol. The van der Waals surface area contributed by atoms with Crippen LogP contribution in [0.5, 0.6) is 5.75 Å². The first-order chi connectivity index (χ1) is 18.5. The Morgan fingerprint density at radius 1 is 0.868 bits per heavy atom. The van der Waals surface area contributed by atoms with Gasteiger partial charge in [0.2, 0.25) is 0 Å². The topological polar surface area (TPSA) is 111 Å². The van der Waals surface area contributed by atoms with E-state index in [1.807, 2.05) is 30.3 Å². The van der Waals surface area contributed by atoms with Crippen molar-refractivity contribution in [2.24, 2.45) is 5.73 Å². The van der Waals surface area contributed by atoms with Crippen molar-refractivity contribution in [2.45, 2.75) is 31.9 Å². The molecule has 0 saturated heterocycles. The highest BCUT2D eigenvalue weighted by molar-refractivity contribution is 6.09. The van der Waals surface area contributed by atoms with Crippen molar-refractivity contribution in [2.75, 3.05) is 0 Å². The molecule has 38 heavy (non-hydrogen) atoms. The van der Waals surface area contributed by atoms with Crippen LogP contribution in [0.25, 0.3) is 0 Å². The summed E-state index contributed by atoms with van der Waals surface area (Å²) in [7, 11) is 0. The normalized spacial score (nSPS) is 14.3. The van der Waals surface area contributed by atoms with E-state index in [0.29, 0.717) is 28.9 Å². The number of primary amides is 1. The lowest BCUT2D eigenvalue weighted by Gasteiger charge is -2.26. The van der Waals surface area contributed by atoms with Crippen LogP contribution in [0.1, 0.15) is 59.9 Å². The van der Waals surface area contributed by atoms with Gasteiger partial charge in [-0.25, -0.2) is 0 Å². The molecule has 190 valence electrons. The number of carbonyl (C=O) groups is 3. The molecule has 3 aromatic carbocycles. The number of nitrogens with zero attached hydrogens (tertiary/aromatic N) is 1. The van der Waals surface area contributed by atoms with Crippen molar-refractivity contribution in [3.8, 4) is 5.75 Å². The summed E-state index contributed by atoms with van der Waals surface area (Å²) in [5, 5.41) is 3.14. The minimum atomic E-state index is -0.578. The second-order valence-electron chi connectivity index (χ2n) is 9.32. The number of carbonyl (C=O) groups excluding carboxylic acids is 3. The van der Waals surface area contributed by atoms with Crippen LogP contribution in [0.2, 0.25) is 0 Å². The van der Waals surface area contributed by atoms with Crippen molar-refractivity contribution in [3.63, 3.8) is 0 Å². The maximum Gasteiger partial charge on any atom is 0.267 e. The molecule has 0 bridgehead atoms. The van der Waals surface area contributed by atoms with Crippen LogP contribution in [0.15, 0.2) is 91.1 Å². The third-order valence-corrected chi connectivity index (χ3v) is 6.67. The number of aryl methyl sites for hydroxylation is 1. The highest BCUT2D eigenvalue weighted by Crippen LogP contribution is 2.26.